The number of nitrogens with zero attached hydrogens (tertiary/aromatic N) is 1. The Balaban J connectivity index is 1.93. The highest BCUT2D eigenvalue weighted by Gasteiger charge is 2.23. The number of rotatable bonds is 4. The molecule has 1 unspecified atom stereocenters. The molecule has 0 amide bonds. The summed E-state index contributed by atoms with van der Waals surface area (Å²) in [4.78, 5) is 4.48. The van der Waals surface area contributed by atoms with Gasteiger partial charge in [-0.05, 0) is 54.2 Å². The second kappa shape index (κ2) is 4.52. The Morgan fingerprint density at radius 2 is 2.27 bits per heavy atom. The lowest BCUT2D eigenvalue weighted by Crippen LogP contribution is -2.16. The first-order chi connectivity index (χ1) is 7.15. The van der Waals surface area contributed by atoms with Gasteiger partial charge in [-0.25, -0.2) is 4.98 Å². The van der Waals surface area contributed by atoms with E-state index in [-0.39, 0.29) is 0 Å². The predicted molar refractivity (Wildman–Crippen MR) is 67.1 cm³/mol. The van der Waals surface area contributed by atoms with E-state index >= 15 is 0 Å². The molecule has 0 radical (unpaired) electrons. The van der Waals surface area contributed by atoms with Crippen molar-refractivity contribution < 1.29 is 0 Å². The maximum Gasteiger partial charge on any atom is 0.126 e. The van der Waals surface area contributed by atoms with Crippen LogP contribution in [-0.2, 0) is 0 Å². The molecule has 1 saturated carbocycles. The molecule has 0 aliphatic heterocycles. The fourth-order valence-corrected chi connectivity index (χ4v) is 2.01. The number of aryl methyl sites for hydroxylation is 1. The van der Waals surface area contributed by atoms with E-state index in [1.54, 1.807) is 0 Å². The molecule has 2 nitrogen and oxygen atoms in total. The molecule has 0 bridgehead atoms. The summed E-state index contributed by atoms with van der Waals surface area (Å²) in [5.74, 6) is 1.95. The summed E-state index contributed by atoms with van der Waals surface area (Å²) in [5, 5.41) is 3.45. The molecular formula is C12H17BrN2. The lowest BCUT2D eigenvalue weighted by atomic mass is 10.1. The third kappa shape index (κ3) is 3.20. The second-order valence-corrected chi connectivity index (χ2v) is 5.34. The molecule has 1 atom stereocenters. The van der Waals surface area contributed by atoms with Crippen LogP contribution in [0.3, 0.4) is 0 Å². The van der Waals surface area contributed by atoms with Gasteiger partial charge in [-0.1, -0.05) is 12.8 Å². The maximum absolute atomic E-state index is 4.48. The molecule has 0 spiro atoms. The van der Waals surface area contributed by atoms with E-state index in [1.165, 1.54) is 19.3 Å². The zero-order valence-electron chi connectivity index (χ0n) is 9.26. The number of hydrogen-bond donors (Lipinski definition) is 1. The number of halogens is 1. The van der Waals surface area contributed by atoms with Crippen LogP contribution in [-0.4, -0.2) is 11.0 Å². The van der Waals surface area contributed by atoms with Gasteiger partial charge in [0.1, 0.15) is 5.82 Å². The van der Waals surface area contributed by atoms with Gasteiger partial charge < -0.3 is 5.32 Å². The first-order valence-corrected chi connectivity index (χ1v) is 6.34. The summed E-state index contributed by atoms with van der Waals surface area (Å²) in [7, 11) is 0. The van der Waals surface area contributed by atoms with Gasteiger partial charge in [0.05, 0.1) is 5.69 Å². The maximum atomic E-state index is 4.48. The Morgan fingerprint density at radius 1 is 1.53 bits per heavy atom. The number of pyridine rings is 1. The highest BCUT2D eigenvalue weighted by atomic mass is 79.9. The van der Waals surface area contributed by atoms with Gasteiger partial charge in [0.2, 0.25) is 0 Å². The van der Waals surface area contributed by atoms with Gasteiger partial charge >= 0.3 is 0 Å². The number of anilines is 1. The van der Waals surface area contributed by atoms with Crippen LogP contribution in [0.2, 0.25) is 0 Å². The van der Waals surface area contributed by atoms with Crippen molar-refractivity contribution in [3.05, 3.63) is 22.3 Å². The fourth-order valence-electron chi connectivity index (χ4n) is 1.79. The van der Waals surface area contributed by atoms with Gasteiger partial charge in [0.15, 0.2) is 0 Å². The first-order valence-electron chi connectivity index (χ1n) is 5.55. The molecule has 0 saturated heterocycles. The van der Waals surface area contributed by atoms with Crippen LogP contribution in [0.15, 0.2) is 16.6 Å². The van der Waals surface area contributed by atoms with Gasteiger partial charge in [-0.2, -0.15) is 0 Å². The monoisotopic (exact) mass is 268 g/mol. The molecule has 1 fully saturated rings. The van der Waals surface area contributed by atoms with Crippen LogP contribution in [0.4, 0.5) is 5.82 Å². The van der Waals surface area contributed by atoms with E-state index in [9.17, 15) is 0 Å². The third-order valence-corrected chi connectivity index (χ3v) is 3.64. The Kier molecular flexibility index (Phi) is 3.29. The molecule has 1 aliphatic rings. The topological polar surface area (TPSA) is 24.9 Å². The normalized spacial score (nSPS) is 17.5. The van der Waals surface area contributed by atoms with Crippen molar-refractivity contribution in [2.45, 2.75) is 39.2 Å². The molecule has 2 rings (SSSR count). The van der Waals surface area contributed by atoms with E-state index in [4.69, 9.17) is 0 Å². The van der Waals surface area contributed by atoms with Crippen LogP contribution in [0.5, 0.6) is 0 Å². The average molecular weight is 269 g/mol. The van der Waals surface area contributed by atoms with Crippen LogP contribution >= 0.6 is 15.9 Å². The Labute approximate surface area is 99.6 Å². The van der Waals surface area contributed by atoms with Crippen molar-refractivity contribution in [1.29, 1.82) is 0 Å². The van der Waals surface area contributed by atoms with Crippen molar-refractivity contribution in [2.24, 2.45) is 5.92 Å². The number of aromatic nitrogens is 1. The summed E-state index contributed by atoms with van der Waals surface area (Å²) < 4.78 is 1.07. The first kappa shape index (κ1) is 10.9. The smallest absolute Gasteiger partial charge is 0.126 e. The molecule has 0 aromatic carbocycles. The Bertz CT molecular complexity index is 347. The van der Waals surface area contributed by atoms with E-state index in [2.05, 4.69) is 39.2 Å². The molecule has 3 heteroatoms. The highest BCUT2D eigenvalue weighted by Crippen LogP contribution is 2.34. The quantitative estimate of drug-likeness (QED) is 0.900. The molecule has 15 heavy (non-hydrogen) atoms. The average Bonchev–Trinajstić information content (AvgIpc) is 2.95. The zero-order valence-corrected chi connectivity index (χ0v) is 10.8. The van der Waals surface area contributed by atoms with Crippen molar-refractivity contribution >= 4 is 21.7 Å². The van der Waals surface area contributed by atoms with Gasteiger partial charge in [-0.3, -0.25) is 0 Å². The van der Waals surface area contributed by atoms with Crippen molar-refractivity contribution in [1.82, 2.24) is 4.98 Å². The summed E-state index contributed by atoms with van der Waals surface area (Å²) in [5.41, 5.74) is 1.04. The summed E-state index contributed by atoms with van der Waals surface area (Å²) >= 11 is 3.46. The lowest BCUT2D eigenvalue weighted by molar-refractivity contribution is 0.640. The molecule has 1 aliphatic carbocycles. The summed E-state index contributed by atoms with van der Waals surface area (Å²) in [6.45, 7) is 4.25. The van der Waals surface area contributed by atoms with Gasteiger partial charge in [0.25, 0.3) is 0 Å². The second-order valence-electron chi connectivity index (χ2n) is 4.49. The zero-order chi connectivity index (χ0) is 10.8. The van der Waals surface area contributed by atoms with Crippen molar-refractivity contribution in [3.63, 3.8) is 0 Å². The fraction of sp³-hybridized carbons (Fsp3) is 0.583. The minimum atomic E-state index is 0.533. The molecule has 1 heterocycles. The largest absolute Gasteiger partial charge is 0.368 e. The molecule has 1 N–H and O–H groups in total. The molecular weight excluding hydrogens is 252 g/mol. The van der Waals surface area contributed by atoms with E-state index in [0.717, 1.165) is 21.9 Å². The third-order valence-electron chi connectivity index (χ3n) is 2.80. The van der Waals surface area contributed by atoms with Crippen LogP contribution in [0.25, 0.3) is 0 Å². The SMILES string of the molecule is Cc1nc(NC(C)CC2CC2)ccc1Br. The van der Waals surface area contributed by atoms with E-state index in [1.807, 2.05) is 13.0 Å². The summed E-state index contributed by atoms with van der Waals surface area (Å²) in [6.07, 6.45) is 4.11. The standard InChI is InChI=1S/C12H17BrN2/c1-8(7-10-3-4-10)14-12-6-5-11(13)9(2)15-12/h5-6,8,10H,3-4,7H2,1-2H3,(H,14,15). The van der Waals surface area contributed by atoms with Crippen LogP contribution < -0.4 is 5.32 Å². The number of nitrogens with one attached hydrogen (secondary N) is 1. The van der Waals surface area contributed by atoms with Crippen LogP contribution in [0.1, 0.15) is 31.9 Å². The van der Waals surface area contributed by atoms with Gasteiger partial charge in [0, 0.05) is 10.5 Å². The van der Waals surface area contributed by atoms with Crippen molar-refractivity contribution in [3.8, 4) is 0 Å². The summed E-state index contributed by atoms with van der Waals surface area (Å²) in [6, 6.07) is 4.61. The van der Waals surface area contributed by atoms with E-state index < -0.39 is 0 Å². The van der Waals surface area contributed by atoms with Crippen molar-refractivity contribution in [2.75, 3.05) is 5.32 Å². The molecule has 1 aromatic heterocycles. The molecule has 1 aromatic rings. The minimum absolute atomic E-state index is 0.533. The highest BCUT2D eigenvalue weighted by molar-refractivity contribution is 9.10. The Hall–Kier alpha value is -0.570. The van der Waals surface area contributed by atoms with Gasteiger partial charge in [-0.15, -0.1) is 0 Å². The van der Waals surface area contributed by atoms with Crippen LogP contribution in [0, 0.1) is 12.8 Å². The Morgan fingerprint density at radius 3 is 2.87 bits per heavy atom. The van der Waals surface area contributed by atoms with E-state index in [0.29, 0.717) is 6.04 Å². The number of hydrogen-bond acceptors (Lipinski definition) is 2. The predicted octanol–water partition coefficient (Wildman–Crippen LogP) is 3.75. The lowest BCUT2D eigenvalue weighted by Gasteiger charge is -2.14. The minimum Gasteiger partial charge on any atom is -0.368 e. The molecule has 82 valence electrons.